The van der Waals surface area contributed by atoms with Crippen molar-refractivity contribution in [1.29, 1.82) is 0 Å². The zero-order valence-electron chi connectivity index (χ0n) is 23.2. The minimum atomic E-state index is -1.23. The Hall–Kier alpha value is -3.95. The Balaban J connectivity index is 2.91. The van der Waals surface area contributed by atoms with Crippen LogP contribution in [0.25, 0.3) is 0 Å². The Morgan fingerprint density at radius 2 is 1.62 bits per heavy atom. The molecule has 40 heavy (non-hydrogen) atoms. The van der Waals surface area contributed by atoms with Crippen LogP contribution < -0.4 is 38.9 Å². The van der Waals surface area contributed by atoms with Crippen LogP contribution in [-0.4, -0.2) is 94.8 Å². The molecule has 0 unspecified atom stereocenters. The van der Waals surface area contributed by atoms with Crippen molar-refractivity contribution < 1.29 is 33.9 Å². The van der Waals surface area contributed by atoms with Crippen molar-refractivity contribution in [3.63, 3.8) is 0 Å². The third kappa shape index (κ3) is 11.4. The van der Waals surface area contributed by atoms with E-state index >= 15 is 0 Å². The largest absolute Gasteiger partial charge is 0.480 e. The molecule has 226 valence electrons. The Bertz CT molecular complexity index is 968. The Morgan fingerprint density at radius 1 is 0.975 bits per heavy atom. The number of hydrogen-bond acceptors (Lipinski definition) is 8. The van der Waals surface area contributed by atoms with Gasteiger partial charge in [-0.15, -0.1) is 0 Å². The Morgan fingerprint density at radius 3 is 2.17 bits per heavy atom. The number of nitrogens with two attached hydrogens (primary N) is 4. The van der Waals surface area contributed by atoms with E-state index in [0.29, 0.717) is 19.3 Å². The van der Waals surface area contributed by atoms with Gasteiger partial charge in [0.15, 0.2) is 5.96 Å². The number of primary amides is 1. The van der Waals surface area contributed by atoms with E-state index in [0.717, 1.165) is 0 Å². The molecular weight excluding hydrogens is 526 g/mol. The molecule has 0 aliphatic carbocycles. The molecule has 0 aromatic rings. The zero-order valence-corrected chi connectivity index (χ0v) is 23.2. The van der Waals surface area contributed by atoms with Crippen molar-refractivity contribution in [3.8, 4) is 0 Å². The number of carboxylic acids is 1. The van der Waals surface area contributed by atoms with Gasteiger partial charge in [-0.3, -0.25) is 29.0 Å². The second-order valence-electron chi connectivity index (χ2n) is 10.2. The number of amides is 5. The molecule has 16 heteroatoms. The van der Waals surface area contributed by atoms with Crippen LogP contribution in [0, 0.1) is 5.92 Å². The fourth-order valence-corrected chi connectivity index (χ4v) is 4.22. The summed E-state index contributed by atoms with van der Waals surface area (Å²) in [5.74, 6) is -4.66. The van der Waals surface area contributed by atoms with Crippen molar-refractivity contribution >= 4 is 41.5 Å². The van der Waals surface area contributed by atoms with Crippen molar-refractivity contribution in [2.45, 2.75) is 89.5 Å². The third-order valence-electron chi connectivity index (χ3n) is 6.23. The maximum absolute atomic E-state index is 13.5. The number of carboxylic acid groups (broad SMARTS) is 1. The summed E-state index contributed by atoms with van der Waals surface area (Å²) in [5, 5.41) is 17.1. The number of carbonyl (C=O) groups excluding carboxylic acids is 5. The van der Waals surface area contributed by atoms with Gasteiger partial charge in [0.25, 0.3) is 0 Å². The monoisotopic (exact) mass is 569 g/mol. The summed E-state index contributed by atoms with van der Waals surface area (Å²) >= 11 is 0. The lowest BCUT2D eigenvalue weighted by Crippen LogP contribution is -2.58. The SMILES string of the molecule is CC(C)C[C@H](NC(=O)[C@H](C)NC(=O)[C@@H](N)CC(N)=O)C(=O)N1CCC[C@H]1C(=O)N[C@@H](CCCN=C(N)N)C(=O)O. The molecule has 1 fully saturated rings. The lowest BCUT2D eigenvalue weighted by atomic mass is 10.0. The first-order valence-corrected chi connectivity index (χ1v) is 13.2. The number of nitrogens with zero attached hydrogens (tertiary/aromatic N) is 2. The van der Waals surface area contributed by atoms with Gasteiger partial charge in [0.05, 0.1) is 12.5 Å². The van der Waals surface area contributed by atoms with Crippen LogP contribution >= 0.6 is 0 Å². The molecule has 1 aliphatic heterocycles. The Labute approximate surface area is 233 Å². The summed E-state index contributed by atoms with van der Waals surface area (Å²) in [6.45, 7) is 5.55. The molecule has 1 saturated heterocycles. The summed E-state index contributed by atoms with van der Waals surface area (Å²) in [5.41, 5.74) is 21.2. The van der Waals surface area contributed by atoms with Gasteiger partial charge in [0.2, 0.25) is 29.5 Å². The van der Waals surface area contributed by atoms with Gasteiger partial charge in [-0.05, 0) is 44.9 Å². The molecule has 0 saturated carbocycles. The summed E-state index contributed by atoms with van der Waals surface area (Å²) in [6, 6.07) is -5.43. The van der Waals surface area contributed by atoms with Gasteiger partial charge in [-0.25, -0.2) is 4.79 Å². The van der Waals surface area contributed by atoms with E-state index in [2.05, 4.69) is 20.9 Å². The number of rotatable bonds is 16. The molecule has 1 heterocycles. The molecule has 16 nitrogen and oxygen atoms in total. The molecule has 0 bridgehead atoms. The minimum absolute atomic E-state index is 0.0142. The third-order valence-corrected chi connectivity index (χ3v) is 6.23. The second kappa shape index (κ2) is 16.2. The number of likely N-dealkylation sites (tertiary alicyclic amines) is 1. The summed E-state index contributed by atoms with van der Waals surface area (Å²) < 4.78 is 0. The highest BCUT2D eigenvalue weighted by Gasteiger charge is 2.39. The highest BCUT2D eigenvalue weighted by Crippen LogP contribution is 2.21. The van der Waals surface area contributed by atoms with Gasteiger partial charge < -0.3 is 48.9 Å². The first-order valence-electron chi connectivity index (χ1n) is 13.2. The van der Waals surface area contributed by atoms with E-state index in [1.165, 1.54) is 11.8 Å². The van der Waals surface area contributed by atoms with Crippen molar-refractivity contribution in [2.24, 2.45) is 33.8 Å². The highest BCUT2D eigenvalue weighted by molar-refractivity contribution is 5.96. The summed E-state index contributed by atoms with van der Waals surface area (Å²) in [4.78, 5) is 79.4. The van der Waals surface area contributed by atoms with E-state index in [9.17, 15) is 33.9 Å². The van der Waals surface area contributed by atoms with E-state index in [-0.39, 0.29) is 37.8 Å². The average molecular weight is 570 g/mol. The standard InChI is InChI=1S/C24H43N9O7/c1-12(2)10-16(32-19(35)13(3)30-20(36)14(25)11-18(26)34)22(38)33-9-5-7-17(33)21(37)31-15(23(39)40)6-4-8-29-24(27)28/h12-17H,4-11,25H2,1-3H3,(H2,26,34)(H,30,36)(H,31,37)(H,32,35)(H,39,40)(H4,27,28,29)/t13-,14-,15-,16-,17-/m0/s1. The van der Waals surface area contributed by atoms with Crippen LogP contribution in [0.5, 0.6) is 0 Å². The van der Waals surface area contributed by atoms with Crippen LogP contribution in [0.1, 0.15) is 59.3 Å². The van der Waals surface area contributed by atoms with Gasteiger partial charge >= 0.3 is 5.97 Å². The molecule has 0 spiro atoms. The minimum Gasteiger partial charge on any atom is -0.480 e. The number of hydrogen-bond donors (Lipinski definition) is 8. The number of carbonyl (C=O) groups is 6. The predicted octanol–water partition coefficient (Wildman–Crippen LogP) is -3.16. The molecule has 1 rings (SSSR count). The number of guanidine groups is 1. The van der Waals surface area contributed by atoms with Crippen LogP contribution in [0.4, 0.5) is 0 Å². The lowest BCUT2D eigenvalue weighted by molar-refractivity contribution is -0.145. The van der Waals surface area contributed by atoms with Crippen LogP contribution in [0.3, 0.4) is 0 Å². The zero-order chi connectivity index (χ0) is 30.6. The number of nitrogens with one attached hydrogen (secondary N) is 3. The molecule has 5 atom stereocenters. The molecular formula is C24H43N9O7. The maximum Gasteiger partial charge on any atom is 0.326 e. The lowest BCUT2D eigenvalue weighted by Gasteiger charge is -2.30. The van der Waals surface area contributed by atoms with Gasteiger partial charge in [0.1, 0.15) is 24.2 Å². The molecule has 0 aromatic heterocycles. The fraction of sp³-hybridized carbons (Fsp3) is 0.708. The van der Waals surface area contributed by atoms with E-state index in [1.54, 1.807) is 0 Å². The number of aliphatic imine (C=N–C) groups is 1. The predicted molar refractivity (Wildman–Crippen MR) is 145 cm³/mol. The van der Waals surface area contributed by atoms with Gasteiger partial charge in [-0.1, -0.05) is 13.8 Å². The van der Waals surface area contributed by atoms with E-state index in [4.69, 9.17) is 22.9 Å². The second-order valence-corrected chi connectivity index (χ2v) is 10.2. The van der Waals surface area contributed by atoms with Crippen molar-refractivity contribution in [3.05, 3.63) is 0 Å². The fourth-order valence-electron chi connectivity index (χ4n) is 4.22. The first kappa shape index (κ1) is 34.1. The summed E-state index contributed by atoms with van der Waals surface area (Å²) in [6.07, 6.45) is 1.08. The quantitative estimate of drug-likeness (QED) is 0.0524. The molecule has 12 N–H and O–H groups in total. The smallest absolute Gasteiger partial charge is 0.326 e. The molecule has 1 aliphatic rings. The molecule has 0 radical (unpaired) electrons. The topological polar surface area (TPSA) is 278 Å². The van der Waals surface area contributed by atoms with Crippen molar-refractivity contribution in [1.82, 2.24) is 20.9 Å². The van der Waals surface area contributed by atoms with Gasteiger partial charge in [0, 0.05) is 13.1 Å². The van der Waals surface area contributed by atoms with E-state index in [1.807, 2.05) is 13.8 Å². The average Bonchev–Trinajstić information content (AvgIpc) is 3.33. The Kier molecular flexibility index (Phi) is 13.8. The van der Waals surface area contributed by atoms with Crippen LogP contribution in [0.15, 0.2) is 4.99 Å². The highest BCUT2D eigenvalue weighted by atomic mass is 16.4. The van der Waals surface area contributed by atoms with Crippen LogP contribution in [0.2, 0.25) is 0 Å². The first-order chi connectivity index (χ1) is 18.6. The molecule has 0 aromatic carbocycles. The normalized spacial score (nSPS) is 17.7. The summed E-state index contributed by atoms with van der Waals surface area (Å²) in [7, 11) is 0. The van der Waals surface area contributed by atoms with Crippen LogP contribution in [-0.2, 0) is 28.8 Å². The van der Waals surface area contributed by atoms with Crippen molar-refractivity contribution in [2.75, 3.05) is 13.1 Å². The van der Waals surface area contributed by atoms with Gasteiger partial charge in [-0.2, -0.15) is 0 Å². The van der Waals surface area contributed by atoms with E-state index < -0.39 is 72.1 Å². The maximum atomic E-state index is 13.5. The number of aliphatic carboxylic acids is 1. The molecule has 5 amide bonds.